The predicted molar refractivity (Wildman–Crippen MR) is 80.8 cm³/mol. The quantitative estimate of drug-likeness (QED) is 0.317. The van der Waals surface area contributed by atoms with Gasteiger partial charge in [-0.15, -0.1) is 0 Å². The smallest absolute Gasteiger partial charge is 0.205 e. The van der Waals surface area contributed by atoms with E-state index in [2.05, 4.69) is 22.7 Å². The van der Waals surface area contributed by atoms with Crippen LogP contribution in [0.1, 0.15) is 64.7 Å². The highest BCUT2D eigenvalue weighted by Gasteiger charge is 2.20. The van der Waals surface area contributed by atoms with Gasteiger partial charge >= 0.3 is 0 Å². The molecule has 0 aromatic heterocycles. The number of nitrogens with one attached hydrogen (secondary N) is 2. The number of hydrazine groups is 1. The van der Waals surface area contributed by atoms with Gasteiger partial charge in [-0.05, 0) is 37.5 Å². The van der Waals surface area contributed by atoms with E-state index < -0.39 is 0 Å². The summed E-state index contributed by atoms with van der Waals surface area (Å²) in [5.41, 5.74) is 2.73. The zero-order chi connectivity index (χ0) is 13.5. The van der Waals surface area contributed by atoms with Gasteiger partial charge < -0.3 is 5.32 Å². The van der Waals surface area contributed by atoms with Gasteiger partial charge in [0.05, 0.1) is 0 Å². The maximum atomic E-state index is 5.57. The van der Waals surface area contributed by atoms with Gasteiger partial charge in [0.1, 0.15) is 0 Å². The molecule has 19 heavy (non-hydrogen) atoms. The summed E-state index contributed by atoms with van der Waals surface area (Å²) < 4.78 is 0. The second kappa shape index (κ2) is 7.73. The number of aliphatic imine (C=N–C) groups is 1. The molecule has 2 aliphatic rings. The summed E-state index contributed by atoms with van der Waals surface area (Å²) in [7, 11) is 0. The summed E-state index contributed by atoms with van der Waals surface area (Å²) in [5, 5.41) is 3.44. The zero-order valence-electron chi connectivity index (χ0n) is 12.3. The van der Waals surface area contributed by atoms with Crippen molar-refractivity contribution in [2.24, 2.45) is 22.7 Å². The van der Waals surface area contributed by atoms with Crippen LogP contribution in [0.25, 0.3) is 0 Å². The Morgan fingerprint density at radius 1 is 1.05 bits per heavy atom. The minimum atomic E-state index is 0.575. The summed E-state index contributed by atoms with van der Waals surface area (Å²) in [6, 6.07) is 0.575. The molecule has 0 aliphatic heterocycles. The first-order chi connectivity index (χ1) is 9.31. The molecule has 2 aliphatic carbocycles. The molecule has 110 valence electrons. The van der Waals surface area contributed by atoms with Gasteiger partial charge in [-0.25, -0.2) is 5.84 Å². The Kier molecular flexibility index (Phi) is 5.95. The summed E-state index contributed by atoms with van der Waals surface area (Å²) in [5.74, 6) is 8.09. The topological polar surface area (TPSA) is 62.4 Å². The van der Waals surface area contributed by atoms with Crippen molar-refractivity contribution >= 4 is 5.96 Å². The number of rotatable bonds is 4. The first-order valence-electron chi connectivity index (χ1n) is 8.09. The van der Waals surface area contributed by atoms with Crippen molar-refractivity contribution in [2.75, 3.05) is 6.54 Å². The Hall–Kier alpha value is -0.770. The molecule has 4 N–H and O–H groups in total. The number of guanidine groups is 1. The highest BCUT2D eigenvalue weighted by atomic mass is 15.3. The van der Waals surface area contributed by atoms with Gasteiger partial charge in [-0.3, -0.25) is 10.4 Å². The summed E-state index contributed by atoms with van der Waals surface area (Å²) >= 11 is 0. The molecule has 0 bridgehead atoms. The monoisotopic (exact) mass is 266 g/mol. The molecule has 0 unspecified atom stereocenters. The molecule has 0 atom stereocenters. The fourth-order valence-electron chi connectivity index (χ4n) is 3.44. The van der Waals surface area contributed by atoms with E-state index >= 15 is 0 Å². The van der Waals surface area contributed by atoms with Gasteiger partial charge in [0.25, 0.3) is 0 Å². The van der Waals surface area contributed by atoms with Crippen LogP contribution in [0.15, 0.2) is 4.99 Å². The molecule has 2 rings (SSSR count). The normalized spacial score (nSPS) is 29.5. The van der Waals surface area contributed by atoms with Crippen molar-refractivity contribution in [1.82, 2.24) is 10.7 Å². The van der Waals surface area contributed by atoms with Crippen LogP contribution in [-0.4, -0.2) is 18.5 Å². The standard InChI is InChI=1S/C15H30N4/c1-2-12-7-9-13(10-8-12)11-17-15(19-16)18-14-5-3-4-6-14/h12-14H,2-11,16H2,1H3,(H2,17,18,19). The van der Waals surface area contributed by atoms with Crippen LogP contribution >= 0.6 is 0 Å². The number of nitrogens with two attached hydrogens (primary N) is 1. The summed E-state index contributed by atoms with van der Waals surface area (Å²) in [6.07, 6.45) is 12.0. The second-order valence-electron chi connectivity index (χ2n) is 6.25. The Bertz CT molecular complexity index is 276. The lowest BCUT2D eigenvalue weighted by Crippen LogP contribution is -2.45. The molecular weight excluding hydrogens is 236 g/mol. The van der Waals surface area contributed by atoms with Gasteiger partial charge in [0.2, 0.25) is 5.96 Å². The van der Waals surface area contributed by atoms with Crippen LogP contribution in [0.2, 0.25) is 0 Å². The fraction of sp³-hybridized carbons (Fsp3) is 0.933. The lowest BCUT2D eigenvalue weighted by atomic mass is 9.81. The third-order valence-electron chi connectivity index (χ3n) is 4.88. The van der Waals surface area contributed by atoms with Crippen molar-refractivity contribution in [3.8, 4) is 0 Å². The first-order valence-corrected chi connectivity index (χ1v) is 8.09. The molecule has 2 fully saturated rings. The van der Waals surface area contributed by atoms with Crippen molar-refractivity contribution in [3.05, 3.63) is 0 Å². The van der Waals surface area contributed by atoms with Crippen molar-refractivity contribution < 1.29 is 0 Å². The Balaban J connectivity index is 1.72. The lowest BCUT2D eigenvalue weighted by Gasteiger charge is -2.27. The fourth-order valence-corrected chi connectivity index (χ4v) is 3.44. The average Bonchev–Trinajstić information content (AvgIpc) is 2.97. The first kappa shape index (κ1) is 14.6. The number of nitrogens with zero attached hydrogens (tertiary/aromatic N) is 1. The lowest BCUT2D eigenvalue weighted by molar-refractivity contribution is 0.274. The van der Waals surface area contributed by atoms with Gasteiger partial charge in [0, 0.05) is 12.6 Å². The van der Waals surface area contributed by atoms with Crippen LogP contribution in [0.4, 0.5) is 0 Å². The Morgan fingerprint density at radius 2 is 1.68 bits per heavy atom. The third-order valence-corrected chi connectivity index (χ3v) is 4.88. The highest BCUT2D eigenvalue weighted by Crippen LogP contribution is 2.30. The number of hydrogen-bond donors (Lipinski definition) is 3. The van der Waals surface area contributed by atoms with Crippen molar-refractivity contribution in [3.63, 3.8) is 0 Å². The van der Waals surface area contributed by atoms with E-state index in [-0.39, 0.29) is 0 Å². The summed E-state index contributed by atoms with van der Waals surface area (Å²) in [4.78, 5) is 4.65. The largest absolute Gasteiger partial charge is 0.353 e. The molecule has 0 aromatic rings. The van der Waals surface area contributed by atoms with Crippen LogP contribution < -0.4 is 16.6 Å². The SMILES string of the molecule is CCC1CCC(CN=C(NN)NC2CCCC2)CC1. The minimum absolute atomic E-state index is 0.575. The molecule has 0 heterocycles. The minimum Gasteiger partial charge on any atom is -0.353 e. The van der Waals surface area contributed by atoms with Crippen LogP contribution in [0.5, 0.6) is 0 Å². The zero-order valence-corrected chi connectivity index (χ0v) is 12.3. The third kappa shape index (κ3) is 4.68. The van der Waals surface area contributed by atoms with E-state index in [0.29, 0.717) is 6.04 Å². The van der Waals surface area contributed by atoms with E-state index in [9.17, 15) is 0 Å². The molecule has 2 saturated carbocycles. The van der Waals surface area contributed by atoms with Gasteiger partial charge in [-0.2, -0.15) is 0 Å². The molecule has 0 amide bonds. The van der Waals surface area contributed by atoms with E-state index in [1.165, 1.54) is 57.8 Å². The molecule has 4 heteroatoms. The Morgan fingerprint density at radius 3 is 2.26 bits per heavy atom. The predicted octanol–water partition coefficient (Wildman–Crippen LogP) is 2.55. The molecular formula is C15H30N4. The number of hydrogen-bond acceptors (Lipinski definition) is 2. The maximum absolute atomic E-state index is 5.57. The molecule has 0 spiro atoms. The maximum Gasteiger partial charge on any atom is 0.205 e. The molecule has 0 radical (unpaired) electrons. The van der Waals surface area contributed by atoms with E-state index in [0.717, 1.165) is 24.3 Å². The average molecular weight is 266 g/mol. The second-order valence-corrected chi connectivity index (χ2v) is 6.25. The van der Waals surface area contributed by atoms with E-state index in [1.54, 1.807) is 0 Å². The van der Waals surface area contributed by atoms with Gasteiger partial charge in [0.15, 0.2) is 0 Å². The Labute approximate surface area is 117 Å². The van der Waals surface area contributed by atoms with Crippen molar-refractivity contribution in [1.29, 1.82) is 0 Å². The molecule has 4 nitrogen and oxygen atoms in total. The molecule has 0 aromatic carbocycles. The van der Waals surface area contributed by atoms with E-state index in [1.807, 2.05) is 0 Å². The van der Waals surface area contributed by atoms with Crippen LogP contribution in [0.3, 0.4) is 0 Å². The highest BCUT2D eigenvalue weighted by molar-refractivity contribution is 5.79. The van der Waals surface area contributed by atoms with Crippen LogP contribution in [-0.2, 0) is 0 Å². The summed E-state index contributed by atoms with van der Waals surface area (Å²) in [6.45, 7) is 3.24. The van der Waals surface area contributed by atoms with Gasteiger partial charge in [-0.1, -0.05) is 39.0 Å². The van der Waals surface area contributed by atoms with Crippen LogP contribution in [0, 0.1) is 11.8 Å². The molecule has 0 saturated heterocycles. The van der Waals surface area contributed by atoms with Crippen molar-refractivity contribution in [2.45, 2.75) is 70.8 Å². The van der Waals surface area contributed by atoms with E-state index in [4.69, 9.17) is 5.84 Å².